The van der Waals surface area contributed by atoms with Crippen molar-refractivity contribution in [2.24, 2.45) is 0 Å². The highest BCUT2D eigenvalue weighted by Crippen LogP contribution is 2.27. The number of ether oxygens (including phenoxy) is 1. The number of hydrogen-bond donors (Lipinski definition) is 1. The third-order valence-electron chi connectivity index (χ3n) is 5.64. The number of nitrogens with one attached hydrogen (secondary N) is 1. The first kappa shape index (κ1) is 21.2. The fourth-order valence-corrected chi connectivity index (χ4v) is 4.17. The van der Waals surface area contributed by atoms with Gasteiger partial charge in [-0.15, -0.1) is 0 Å². The van der Waals surface area contributed by atoms with E-state index in [1.54, 1.807) is 6.08 Å². The molecule has 2 heterocycles. The molecule has 0 radical (unpaired) electrons. The highest BCUT2D eigenvalue weighted by Gasteiger charge is 2.35. The Kier molecular flexibility index (Phi) is 6.15. The van der Waals surface area contributed by atoms with Gasteiger partial charge in [0.1, 0.15) is 5.57 Å². The molecule has 0 aromatic heterocycles. The van der Waals surface area contributed by atoms with Crippen molar-refractivity contribution in [2.75, 3.05) is 36.1 Å². The van der Waals surface area contributed by atoms with Gasteiger partial charge in [0, 0.05) is 18.8 Å². The first-order valence-corrected chi connectivity index (χ1v) is 10.8. The van der Waals surface area contributed by atoms with Gasteiger partial charge in [-0.25, -0.2) is 0 Å². The molecule has 2 aromatic carbocycles. The van der Waals surface area contributed by atoms with Gasteiger partial charge in [0.15, 0.2) is 5.11 Å². The summed E-state index contributed by atoms with van der Waals surface area (Å²) in [6, 6.07) is 13.6. The van der Waals surface area contributed by atoms with Crippen LogP contribution in [-0.2, 0) is 20.7 Å². The molecule has 0 spiro atoms. The summed E-state index contributed by atoms with van der Waals surface area (Å²) in [4.78, 5) is 29.7. The number of carbonyl (C=O) groups is 2. The molecular formula is C24H25N3O3S. The maximum absolute atomic E-state index is 13.3. The van der Waals surface area contributed by atoms with Crippen molar-refractivity contribution in [3.05, 3.63) is 64.7 Å². The summed E-state index contributed by atoms with van der Waals surface area (Å²) in [7, 11) is 0. The van der Waals surface area contributed by atoms with Crippen LogP contribution in [0, 0.1) is 6.92 Å². The van der Waals surface area contributed by atoms with Crippen molar-refractivity contribution in [3.63, 3.8) is 0 Å². The predicted molar refractivity (Wildman–Crippen MR) is 126 cm³/mol. The number of amides is 2. The maximum atomic E-state index is 13.3. The number of para-hydroxylation sites is 1. The molecule has 2 aliphatic heterocycles. The fourth-order valence-electron chi connectivity index (χ4n) is 3.90. The molecule has 0 saturated carbocycles. The number of hydrogen-bond acceptors (Lipinski definition) is 5. The summed E-state index contributed by atoms with van der Waals surface area (Å²) in [5, 5.41) is 2.77. The number of anilines is 2. The third-order valence-corrected chi connectivity index (χ3v) is 5.93. The van der Waals surface area contributed by atoms with E-state index in [-0.39, 0.29) is 10.7 Å². The first-order valence-electron chi connectivity index (χ1n) is 10.4. The van der Waals surface area contributed by atoms with Gasteiger partial charge < -0.3 is 9.64 Å². The van der Waals surface area contributed by atoms with Gasteiger partial charge >= 0.3 is 0 Å². The van der Waals surface area contributed by atoms with Crippen LogP contribution in [0.5, 0.6) is 0 Å². The van der Waals surface area contributed by atoms with E-state index in [0.29, 0.717) is 18.9 Å². The van der Waals surface area contributed by atoms with Crippen LogP contribution in [0.3, 0.4) is 0 Å². The Hall–Kier alpha value is -3.03. The molecule has 0 aliphatic carbocycles. The lowest BCUT2D eigenvalue weighted by atomic mass is 10.0. The molecule has 2 saturated heterocycles. The zero-order chi connectivity index (χ0) is 22.0. The number of morpholine rings is 1. The molecule has 4 rings (SSSR count). The highest BCUT2D eigenvalue weighted by atomic mass is 32.1. The van der Waals surface area contributed by atoms with E-state index < -0.39 is 11.8 Å². The second-order valence-corrected chi connectivity index (χ2v) is 7.97. The number of thiocarbonyl (C=S) groups is 1. The van der Waals surface area contributed by atoms with Crippen LogP contribution in [0.25, 0.3) is 6.08 Å². The largest absolute Gasteiger partial charge is 0.378 e. The molecule has 160 valence electrons. The first-order chi connectivity index (χ1) is 15.0. The van der Waals surface area contributed by atoms with Crippen LogP contribution in [0.2, 0.25) is 0 Å². The molecule has 0 bridgehead atoms. The minimum atomic E-state index is -0.475. The minimum Gasteiger partial charge on any atom is -0.378 e. The lowest BCUT2D eigenvalue weighted by Gasteiger charge is -2.30. The second-order valence-electron chi connectivity index (χ2n) is 7.58. The van der Waals surface area contributed by atoms with E-state index in [0.717, 1.165) is 41.9 Å². The second kappa shape index (κ2) is 8.99. The normalized spacial score (nSPS) is 18.5. The summed E-state index contributed by atoms with van der Waals surface area (Å²) < 4.78 is 5.42. The summed E-state index contributed by atoms with van der Waals surface area (Å²) in [5.74, 6) is -0.886. The van der Waals surface area contributed by atoms with Crippen LogP contribution in [0.4, 0.5) is 11.4 Å². The predicted octanol–water partition coefficient (Wildman–Crippen LogP) is 3.23. The average molecular weight is 436 g/mol. The van der Waals surface area contributed by atoms with Crippen molar-refractivity contribution in [3.8, 4) is 0 Å². The molecule has 6 nitrogen and oxygen atoms in total. The zero-order valence-corrected chi connectivity index (χ0v) is 18.5. The fraction of sp³-hybridized carbons (Fsp3) is 0.292. The quantitative estimate of drug-likeness (QED) is 0.454. The van der Waals surface area contributed by atoms with E-state index in [2.05, 4.69) is 16.3 Å². The van der Waals surface area contributed by atoms with Crippen molar-refractivity contribution in [1.29, 1.82) is 0 Å². The van der Waals surface area contributed by atoms with E-state index in [1.807, 2.05) is 50.2 Å². The minimum absolute atomic E-state index is 0.0710. The average Bonchev–Trinajstić information content (AvgIpc) is 2.78. The van der Waals surface area contributed by atoms with Crippen LogP contribution in [0.15, 0.2) is 48.0 Å². The Morgan fingerprint density at radius 1 is 1.13 bits per heavy atom. The van der Waals surface area contributed by atoms with Crippen LogP contribution >= 0.6 is 12.2 Å². The molecular weight excluding hydrogens is 410 g/mol. The number of nitrogens with zero attached hydrogens (tertiary/aromatic N) is 2. The summed E-state index contributed by atoms with van der Waals surface area (Å²) in [6.07, 6.45) is 2.40. The molecule has 31 heavy (non-hydrogen) atoms. The number of benzene rings is 2. The lowest BCUT2D eigenvalue weighted by molar-refractivity contribution is -0.122. The van der Waals surface area contributed by atoms with Crippen molar-refractivity contribution in [2.45, 2.75) is 20.3 Å². The van der Waals surface area contributed by atoms with Crippen LogP contribution < -0.4 is 15.1 Å². The van der Waals surface area contributed by atoms with E-state index in [4.69, 9.17) is 17.0 Å². The Bertz CT molecular complexity index is 1070. The summed E-state index contributed by atoms with van der Waals surface area (Å²) in [6.45, 7) is 7.14. The molecule has 2 aliphatic rings. The lowest BCUT2D eigenvalue weighted by Crippen LogP contribution is -2.54. The Balaban J connectivity index is 1.67. The van der Waals surface area contributed by atoms with Gasteiger partial charge in [0.2, 0.25) is 0 Å². The van der Waals surface area contributed by atoms with Crippen molar-refractivity contribution < 1.29 is 14.3 Å². The highest BCUT2D eigenvalue weighted by molar-refractivity contribution is 7.80. The van der Waals surface area contributed by atoms with Gasteiger partial charge in [-0.1, -0.05) is 31.2 Å². The number of carbonyl (C=O) groups excluding carboxylic acids is 2. The number of aryl methyl sites for hydroxylation is 2. The zero-order valence-electron chi connectivity index (χ0n) is 17.7. The molecule has 1 N–H and O–H groups in total. The molecule has 0 unspecified atom stereocenters. The van der Waals surface area contributed by atoms with Gasteiger partial charge in [-0.3, -0.25) is 19.8 Å². The monoisotopic (exact) mass is 435 g/mol. The SMILES string of the molecule is CCc1ccccc1N1C(=O)/C(=C/c2ccc(N3CCOCC3)cc2C)C(=O)NC1=S. The summed E-state index contributed by atoms with van der Waals surface area (Å²) >= 11 is 5.33. The molecule has 0 atom stereocenters. The van der Waals surface area contributed by atoms with E-state index >= 15 is 0 Å². The molecule has 2 fully saturated rings. The molecule has 2 amide bonds. The van der Waals surface area contributed by atoms with E-state index in [1.165, 1.54) is 4.90 Å². The molecule has 2 aromatic rings. The Morgan fingerprint density at radius 2 is 1.87 bits per heavy atom. The van der Waals surface area contributed by atoms with Gasteiger partial charge in [-0.2, -0.15) is 0 Å². The van der Waals surface area contributed by atoms with Crippen molar-refractivity contribution in [1.82, 2.24) is 5.32 Å². The van der Waals surface area contributed by atoms with Gasteiger partial charge in [0.05, 0.1) is 18.9 Å². The Labute approximate surface area is 187 Å². The Morgan fingerprint density at radius 3 is 2.58 bits per heavy atom. The summed E-state index contributed by atoms with van der Waals surface area (Å²) in [5.41, 5.74) is 4.69. The maximum Gasteiger partial charge on any atom is 0.270 e. The third kappa shape index (κ3) is 4.24. The standard InChI is InChI=1S/C24H25N3O3S/c1-3-17-6-4-5-7-21(17)27-23(29)20(22(28)25-24(27)31)15-18-8-9-19(14-16(18)2)26-10-12-30-13-11-26/h4-9,14-15H,3,10-13H2,1-2H3,(H,25,28,31)/b20-15+. The van der Waals surface area contributed by atoms with Crippen LogP contribution in [-0.4, -0.2) is 43.2 Å². The van der Waals surface area contributed by atoms with Gasteiger partial charge in [-0.05, 0) is 66.5 Å². The number of rotatable bonds is 4. The smallest absolute Gasteiger partial charge is 0.270 e. The topological polar surface area (TPSA) is 61.9 Å². The van der Waals surface area contributed by atoms with Crippen LogP contribution in [0.1, 0.15) is 23.6 Å². The molecule has 7 heteroatoms. The van der Waals surface area contributed by atoms with Crippen molar-refractivity contribution >= 4 is 46.6 Å². The van der Waals surface area contributed by atoms with Gasteiger partial charge in [0.25, 0.3) is 11.8 Å². The van der Waals surface area contributed by atoms with E-state index in [9.17, 15) is 9.59 Å².